The molecule has 0 aliphatic rings. The predicted molar refractivity (Wildman–Crippen MR) is 123 cm³/mol. The van der Waals surface area contributed by atoms with Gasteiger partial charge in [-0.3, -0.25) is 0 Å². The van der Waals surface area contributed by atoms with E-state index in [1.807, 2.05) is 6.07 Å². The lowest BCUT2D eigenvalue weighted by atomic mass is 10.4. The summed E-state index contributed by atoms with van der Waals surface area (Å²) in [5.41, 5.74) is 0. The molecule has 0 radical (unpaired) electrons. The Bertz CT molecular complexity index is 527. The minimum Gasteiger partial charge on any atom is -0.392 e. The molecule has 4 nitrogen and oxygen atoms in total. The standard InChI is InChI=1S/C22H42O4Si2/c1-18(2)23-27(9,24-19(3)4)16-13-17-28(25-20(5)6,26-21(7)8)22-14-11-10-12-15-22/h10-12,14-15,18-21H,13,16-17H2,1-9H3. The van der Waals surface area contributed by atoms with Gasteiger partial charge in [0.2, 0.25) is 0 Å². The van der Waals surface area contributed by atoms with Crippen molar-refractivity contribution in [2.75, 3.05) is 0 Å². The summed E-state index contributed by atoms with van der Waals surface area (Å²) in [6.07, 6.45) is 1.56. The number of hydrogen-bond donors (Lipinski definition) is 0. The molecule has 0 heterocycles. The Balaban J connectivity index is 3.05. The van der Waals surface area contributed by atoms with Gasteiger partial charge in [0, 0.05) is 24.4 Å². The van der Waals surface area contributed by atoms with E-state index in [1.165, 1.54) is 5.19 Å². The van der Waals surface area contributed by atoms with Crippen molar-refractivity contribution in [3.05, 3.63) is 30.3 Å². The molecule has 0 saturated carbocycles. The summed E-state index contributed by atoms with van der Waals surface area (Å²) in [4.78, 5) is 0. The largest absolute Gasteiger partial charge is 0.392 e. The van der Waals surface area contributed by atoms with Gasteiger partial charge in [0.15, 0.2) is 0 Å². The predicted octanol–water partition coefficient (Wildman–Crippen LogP) is 5.50. The first-order chi connectivity index (χ1) is 13.0. The number of benzene rings is 1. The Labute approximate surface area is 175 Å². The van der Waals surface area contributed by atoms with Gasteiger partial charge in [-0.05, 0) is 85.6 Å². The van der Waals surface area contributed by atoms with Gasteiger partial charge in [0.1, 0.15) is 0 Å². The van der Waals surface area contributed by atoms with Crippen LogP contribution in [0.25, 0.3) is 0 Å². The van der Waals surface area contributed by atoms with Crippen molar-refractivity contribution in [3.63, 3.8) is 0 Å². The highest BCUT2D eigenvalue weighted by Crippen LogP contribution is 2.27. The third-order valence-corrected chi connectivity index (χ3v) is 11.3. The third kappa shape index (κ3) is 8.88. The van der Waals surface area contributed by atoms with Crippen molar-refractivity contribution in [3.8, 4) is 0 Å². The highest BCUT2D eigenvalue weighted by molar-refractivity contribution is 6.81. The van der Waals surface area contributed by atoms with Crippen molar-refractivity contribution in [2.24, 2.45) is 0 Å². The molecule has 0 fully saturated rings. The van der Waals surface area contributed by atoms with Crippen LogP contribution in [0.5, 0.6) is 0 Å². The second kappa shape index (κ2) is 11.6. The minimum atomic E-state index is -2.57. The van der Waals surface area contributed by atoms with E-state index in [0.717, 1.165) is 18.5 Å². The maximum atomic E-state index is 6.56. The smallest absolute Gasteiger partial charge is 0.372 e. The van der Waals surface area contributed by atoms with Gasteiger partial charge in [0.05, 0.1) is 0 Å². The van der Waals surface area contributed by atoms with Crippen LogP contribution in [0, 0.1) is 0 Å². The van der Waals surface area contributed by atoms with Crippen LogP contribution in [0.15, 0.2) is 30.3 Å². The van der Waals surface area contributed by atoms with Crippen molar-refractivity contribution < 1.29 is 17.7 Å². The fourth-order valence-electron chi connectivity index (χ4n) is 3.66. The molecule has 0 amide bonds. The lowest BCUT2D eigenvalue weighted by Crippen LogP contribution is -2.56. The molecule has 0 aliphatic carbocycles. The maximum Gasteiger partial charge on any atom is 0.372 e. The minimum absolute atomic E-state index is 0.119. The zero-order valence-electron chi connectivity index (χ0n) is 19.5. The summed E-state index contributed by atoms with van der Waals surface area (Å²) in [5, 5.41) is 1.20. The summed E-state index contributed by atoms with van der Waals surface area (Å²) in [5.74, 6) is 0. The van der Waals surface area contributed by atoms with Crippen LogP contribution < -0.4 is 5.19 Å². The van der Waals surface area contributed by atoms with Gasteiger partial charge >= 0.3 is 17.1 Å². The molecule has 1 aromatic rings. The molecule has 0 aromatic heterocycles. The van der Waals surface area contributed by atoms with E-state index >= 15 is 0 Å². The summed E-state index contributed by atoms with van der Waals surface area (Å²) in [6.45, 7) is 18.9. The van der Waals surface area contributed by atoms with Crippen LogP contribution in [0.2, 0.25) is 18.6 Å². The lowest BCUT2D eigenvalue weighted by Gasteiger charge is -2.36. The average molecular weight is 427 g/mol. The third-order valence-electron chi connectivity index (χ3n) is 4.17. The zero-order chi connectivity index (χ0) is 21.4. The van der Waals surface area contributed by atoms with Crippen LogP contribution in [-0.4, -0.2) is 41.5 Å². The second-order valence-corrected chi connectivity index (χ2v) is 15.1. The first kappa shape index (κ1) is 25.5. The molecule has 1 aromatic carbocycles. The molecule has 0 N–H and O–H groups in total. The fourth-order valence-corrected chi connectivity index (χ4v) is 10.8. The Kier molecular flexibility index (Phi) is 10.6. The van der Waals surface area contributed by atoms with Gasteiger partial charge < -0.3 is 17.7 Å². The van der Waals surface area contributed by atoms with Crippen molar-refractivity contribution in [1.82, 2.24) is 0 Å². The average Bonchev–Trinajstić information content (AvgIpc) is 2.52. The summed E-state index contributed by atoms with van der Waals surface area (Å²) in [6, 6.07) is 12.4. The van der Waals surface area contributed by atoms with Crippen LogP contribution in [0.1, 0.15) is 61.8 Å². The van der Waals surface area contributed by atoms with Crippen LogP contribution in [-0.2, 0) is 17.7 Å². The van der Waals surface area contributed by atoms with E-state index in [1.54, 1.807) is 0 Å². The quantitative estimate of drug-likeness (QED) is 0.390. The van der Waals surface area contributed by atoms with Crippen molar-refractivity contribution >= 4 is 22.3 Å². The Morgan fingerprint density at radius 3 is 1.46 bits per heavy atom. The molecule has 0 saturated heterocycles. The van der Waals surface area contributed by atoms with Crippen LogP contribution in [0.3, 0.4) is 0 Å². The van der Waals surface area contributed by atoms with E-state index in [-0.39, 0.29) is 24.4 Å². The maximum absolute atomic E-state index is 6.56. The molecule has 1 rings (SSSR count). The molecule has 0 atom stereocenters. The monoisotopic (exact) mass is 426 g/mol. The summed E-state index contributed by atoms with van der Waals surface area (Å²) >= 11 is 0. The molecular formula is C22H42O4Si2. The van der Waals surface area contributed by atoms with E-state index in [0.29, 0.717) is 0 Å². The van der Waals surface area contributed by atoms with E-state index in [9.17, 15) is 0 Å². The molecule has 162 valence electrons. The SMILES string of the molecule is CC(C)O[Si](C)(CCC[Si](OC(C)C)(OC(C)C)c1ccccc1)OC(C)C. The highest BCUT2D eigenvalue weighted by atomic mass is 28.4. The Hall–Kier alpha value is -0.506. The van der Waals surface area contributed by atoms with Gasteiger partial charge in [-0.2, -0.15) is 0 Å². The summed E-state index contributed by atoms with van der Waals surface area (Å²) < 4.78 is 25.7. The van der Waals surface area contributed by atoms with Crippen molar-refractivity contribution in [1.29, 1.82) is 0 Å². The van der Waals surface area contributed by atoms with Crippen LogP contribution in [0.4, 0.5) is 0 Å². The van der Waals surface area contributed by atoms with Crippen molar-refractivity contribution in [2.45, 2.75) is 105 Å². The molecule has 0 bridgehead atoms. The number of hydrogen-bond acceptors (Lipinski definition) is 4. The fraction of sp³-hybridized carbons (Fsp3) is 0.727. The Morgan fingerprint density at radius 1 is 0.643 bits per heavy atom. The second-order valence-electron chi connectivity index (χ2n) is 8.77. The topological polar surface area (TPSA) is 36.9 Å². The molecule has 0 unspecified atom stereocenters. The first-order valence-corrected chi connectivity index (χ1v) is 15.3. The highest BCUT2D eigenvalue weighted by Gasteiger charge is 2.43. The number of rotatable bonds is 13. The lowest BCUT2D eigenvalue weighted by molar-refractivity contribution is 0.107. The molecular weight excluding hydrogens is 384 g/mol. The van der Waals surface area contributed by atoms with Gasteiger partial charge in [-0.25, -0.2) is 0 Å². The van der Waals surface area contributed by atoms with Gasteiger partial charge in [-0.1, -0.05) is 30.3 Å². The Morgan fingerprint density at radius 2 is 1.07 bits per heavy atom. The van der Waals surface area contributed by atoms with Gasteiger partial charge in [0.25, 0.3) is 0 Å². The molecule has 6 heteroatoms. The normalized spacial score (nSPS) is 13.3. The first-order valence-electron chi connectivity index (χ1n) is 10.7. The molecule has 0 spiro atoms. The van der Waals surface area contributed by atoms with Gasteiger partial charge in [-0.15, -0.1) is 0 Å². The van der Waals surface area contributed by atoms with E-state index in [4.69, 9.17) is 17.7 Å². The molecule has 28 heavy (non-hydrogen) atoms. The van der Waals surface area contributed by atoms with E-state index < -0.39 is 17.1 Å². The zero-order valence-corrected chi connectivity index (χ0v) is 21.5. The summed E-state index contributed by atoms with van der Waals surface area (Å²) in [7, 11) is -4.81. The molecule has 0 aliphatic heterocycles. The van der Waals surface area contributed by atoms with Crippen LogP contribution >= 0.6 is 0 Å². The van der Waals surface area contributed by atoms with E-state index in [2.05, 4.69) is 86.2 Å².